The minimum Gasteiger partial charge on any atom is -0.465 e. The molecule has 0 bridgehead atoms. The van der Waals surface area contributed by atoms with E-state index in [0.29, 0.717) is 30.8 Å². The van der Waals surface area contributed by atoms with Crippen LogP contribution >= 0.6 is 0 Å². The van der Waals surface area contributed by atoms with Gasteiger partial charge < -0.3 is 9.30 Å². The molecule has 0 saturated carbocycles. The van der Waals surface area contributed by atoms with Crippen molar-refractivity contribution < 1.29 is 22.7 Å². The maximum absolute atomic E-state index is 12.7. The molecule has 6 nitrogen and oxygen atoms in total. The molecule has 132 valence electrons. The molecule has 1 atom stereocenters. The minimum atomic E-state index is -3.30. The van der Waals surface area contributed by atoms with Crippen molar-refractivity contribution in [1.82, 2.24) is 4.57 Å². The number of hydrogen-bond donors (Lipinski definition) is 0. The topological polar surface area (TPSA) is 82.4 Å². The van der Waals surface area contributed by atoms with Crippen molar-refractivity contribution >= 4 is 21.6 Å². The molecule has 0 amide bonds. The number of ketones is 1. The number of sulfone groups is 1. The van der Waals surface area contributed by atoms with Crippen LogP contribution in [0.3, 0.4) is 0 Å². The zero-order valence-corrected chi connectivity index (χ0v) is 14.9. The lowest BCUT2D eigenvalue weighted by Gasteiger charge is -2.08. The van der Waals surface area contributed by atoms with Gasteiger partial charge in [-0.2, -0.15) is 0 Å². The highest BCUT2D eigenvalue weighted by molar-refractivity contribution is 7.90. The number of fused-ring (bicyclic) bond motifs is 1. The molecule has 7 heteroatoms. The highest BCUT2D eigenvalue weighted by Crippen LogP contribution is 2.32. The summed E-state index contributed by atoms with van der Waals surface area (Å²) in [7, 11) is -3.30. The van der Waals surface area contributed by atoms with E-state index in [4.69, 9.17) is 4.74 Å². The van der Waals surface area contributed by atoms with Gasteiger partial charge in [0, 0.05) is 24.1 Å². The summed E-state index contributed by atoms with van der Waals surface area (Å²) in [6, 6.07) is 9.36. The van der Waals surface area contributed by atoms with Gasteiger partial charge in [-0.1, -0.05) is 0 Å². The van der Waals surface area contributed by atoms with Crippen LogP contribution in [0.1, 0.15) is 41.0 Å². The molecule has 1 aromatic heterocycles. The molecule has 1 aliphatic rings. The standard InChI is InChI=1S/C18H19NO5S/c1-3-24-18(21)14-10-11-19-15(14)8-9-16(19)17(20)12-4-6-13(7-5-12)25(2,22)23/h4-9,14H,3,10-11H2,1-2H3. The largest absolute Gasteiger partial charge is 0.465 e. The van der Waals surface area contributed by atoms with Gasteiger partial charge in [-0.15, -0.1) is 0 Å². The van der Waals surface area contributed by atoms with Crippen LogP contribution in [-0.4, -0.2) is 37.6 Å². The van der Waals surface area contributed by atoms with Crippen molar-refractivity contribution in [1.29, 1.82) is 0 Å². The quantitative estimate of drug-likeness (QED) is 0.602. The Morgan fingerprint density at radius 3 is 2.44 bits per heavy atom. The maximum atomic E-state index is 12.7. The smallest absolute Gasteiger partial charge is 0.315 e. The van der Waals surface area contributed by atoms with Gasteiger partial charge in [0.1, 0.15) is 0 Å². The summed E-state index contributed by atoms with van der Waals surface area (Å²) in [5, 5.41) is 0. The van der Waals surface area contributed by atoms with E-state index >= 15 is 0 Å². The van der Waals surface area contributed by atoms with Gasteiger partial charge in [0.2, 0.25) is 5.78 Å². The molecule has 1 unspecified atom stereocenters. The first kappa shape index (κ1) is 17.4. The van der Waals surface area contributed by atoms with Crippen molar-refractivity contribution in [2.24, 2.45) is 0 Å². The summed E-state index contributed by atoms with van der Waals surface area (Å²) in [5.74, 6) is -0.805. The Bertz CT molecular complexity index is 925. The van der Waals surface area contributed by atoms with Crippen molar-refractivity contribution in [2.45, 2.75) is 30.7 Å². The molecule has 25 heavy (non-hydrogen) atoms. The number of benzene rings is 1. The van der Waals surface area contributed by atoms with Gasteiger partial charge >= 0.3 is 5.97 Å². The van der Waals surface area contributed by atoms with Gasteiger partial charge in [0.05, 0.1) is 23.1 Å². The molecule has 0 spiro atoms. The summed E-state index contributed by atoms with van der Waals surface area (Å²) in [6.45, 7) is 2.67. The number of ether oxygens (including phenoxy) is 1. The van der Waals surface area contributed by atoms with Crippen LogP contribution in [0.25, 0.3) is 0 Å². The van der Waals surface area contributed by atoms with E-state index in [-0.39, 0.29) is 22.6 Å². The van der Waals surface area contributed by atoms with Crippen molar-refractivity contribution in [2.75, 3.05) is 12.9 Å². The molecule has 0 fully saturated rings. The van der Waals surface area contributed by atoms with Crippen molar-refractivity contribution in [3.8, 4) is 0 Å². The first-order valence-electron chi connectivity index (χ1n) is 8.03. The zero-order chi connectivity index (χ0) is 18.2. The predicted molar refractivity (Wildman–Crippen MR) is 91.4 cm³/mol. The van der Waals surface area contributed by atoms with Gasteiger partial charge in [0.15, 0.2) is 9.84 Å². The van der Waals surface area contributed by atoms with Crippen LogP contribution in [0.5, 0.6) is 0 Å². The van der Waals surface area contributed by atoms with Crippen molar-refractivity contribution in [3.63, 3.8) is 0 Å². The van der Waals surface area contributed by atoms with Gasteiger partial charge in [-0.25, -0.2) is 8.42 Å². The monoisotopic (exact) mass is 361 g/mol. The normalized spacial score (nSPS) is 16.5. The lowest BCUT2D eigenvalue weighted by Crippen LogP contribution is -2.13. The summed E-state index contributed by atoms with van der Waals surface area (Å²) < 4.78 is 30.0. The Balaban J connectivity index is 1.88. The summed E-state index contributed by atoms with van der Waals surface area (Å²) in [5.41, 5.74) is 1.69. The average Bonchev–Trinajstić information content (AvgIpc) is 3.15. The molecule has 3 rings (SSSR count). The van der Waals surface area contributed by atoms with E-state index in [1.54, 1.807) is 19.1 Å². The molecule has 2 heterocycles. The van der Waals surface area contributed by atoms with Gasteiger partial charge in [0.25, 0.3) is 0 Å². The number of carbonyl (C=O) groups is 2. The predicted octanol–water partition coefficient (Wildman–Crippen LogP) is 2.17. The van der Waals surface area contributed by atoms with Crippen molar-refractivity contribution in [3.05, 3.63) is 53.3 Å². The molecular formula is C18H19NO5S. The number of nitrogens with zero attached hydrogens (tertiary/aromatic N) is 1. The number of carbonyl (C=O) groups excluding carboxylic acids is 2. The average molecular weight is 361 g/mol. The molecule has 0 saturated heterocycles. The molecular weight excluding hydrogens is 342 g/mol. The van der Waals surface area contributed by atoms with E-state index in [0.717, 1.165) is 11.9 Å². The second-order valence-corrected chi connectivity index (χ2v) is 8.03. The van der Waals surface area contributed by atoms with E-state index in [2.05, 4.69) is 0 Å². The second-order valence-electron chi connectivity index (χ2n) is 6.01. The van der Waals surface area contributed by atoms with Crippen LogP contribution in [0, 0.1) is 0 Å². The van der Waals surface area contributed by atoms with Crippen LogP contribution < -0.4 is 0 Å². The van der Waals surface area contributed by atoms with Crippen LogP contribution in [0.15, 0.2) is 41.3 Å². The zero-order valence-electron chi connectivity index (χ0n) is 14.1. The highest BCUT2D eigenvalue weighted by atomic mass is 32.2. The number of aromatic nitrogens is 1. The van der Waals surface area contributed by atoms with E-state index < -0.39 is 9.84 Å². The number of hydrogen-bond acceptors (Lipinski definition) is 5. The molecule has 2 aromatic rings. The third-order valence-corrected chi connectivity index (χ3v) is 5.49. The fourth-order valence-electron chi connectivity index (χ4n) is 3.12. The Labute approximate surface area is 146 Å². The molecule has 0 radical (unpaired) electrons. The van der Waals surface area contributed by atoms with Gasteiger partial charge in [-0.3, -0.25) is 9.59 Å². The number of rotatable bonds is 5. The first-order chi connectivity index (χ1) is 11.8. The molecule has 0 N–H and O–H groups in total. The summed E-state index contributed by atoms with van der Waals surface area (Å²) in [4.78, 5) is 24.9. The van der Waals surface area contributed by atoms with E-state index in [1.807, 2.05) is 4.57 Å². The first-order valence-corrected chi connectivity index (χ1v) is 9.93. The Hall–Kier alpha value is -2.41. The Kier molecular flexibility index (Phi) is 4.51. The Morgan fingerprint density at radius 2 is 1.84 bits per heavy atom. The fraction of sp³-hybridized carbons (Fsp3) is 0.333. The van der Waals surface area contributed by atoms with Gasteiger partial charge in [-0.05, 0) is 49.7 Å². The molecule has 1 aliphatic heterocycles. The SMILES string of the molecule is CCOC(=O)C1CCn2c(C(=O)c3ccc(S(C)(=O)=O)cc3)ccc21. The Morgan fingerprint density at radius 1 is 1.16 bits per heavy atom. The summed E-state index contributed by atoms with van der Waals surface area (Å²) >= 11 is 0. The van der Waals surface area contributed by atoms with E-state index in [9.17, 15) is 18.0 Å². The third kappa shape index (κ3) is 3.24. The third-order valence-electron chi connectivity index (χ3n) is 4.36. The second kappa shape index (κ2) is 6.48. The lowest BCUT2D eigenvalue weighted by atomic mass is 10.1. The fourth-order valence-corrected chi connectivity index (χ4v) is 3.75. The lowest BCUT2D eigenvalue weighted by molar-refractivity contribution is -0.144. The van der Waals surface area contributed by atoms with Crippen LogP contribution in [-0.2, 0) is 25.9 Å². The van der Waals surface area contributed by atoms with Crippen LogP contribution in [0.4, 0.5) is 0 Å². The van der Waals surface area contributed by atoms with E-state index in [1.165, 1.54) is 24.3 Å². The summed E-state index contributed by atoms with van der Waals surface area (Å²) in [6.07, 6.45) is 1.74. The molecule has 1 aromatic carbocycles. The van der Waals surface area contributed by atoms with Crippen LogP contribution in [0.2, 0.25) is 0 Å². The minimum absolute atomic E-state index is 0.173. The molecule has 0 aliphatic carbocycles. The maximum Gasteiger partial charge on any atom is 0.315 e. The highest BCUT2D eigenvalue weighted by Gasteiger charge is 2.32. The number of esters is 1.